The summed E-state index contributed by atoms with van der Waals surface area (Å²) in [5.41, 5.74) is 1.60. The van der Waals surface area contributed by atoms with Crippen LogP contribution in [0.2, 0.25) is 0 Å². The molecule has 1 fully saturated rings. The molecule has 1 aliphatic carbocycles. The van der Waals surface area contributed by atoms with Crippen LogP contribution >= 0.6 is 0 Å². The van der Waals surface area contributed by atoms with E-state index in [-0.39, 0.29) is 10.9 Å². The lowest BCUT2D eigenvalue weighted by Gasteiger charge is -2.11. The number of benzene rings is 1. The van der Waals surface area contributed by atoms with Crippen molar-refractivity contribution in [1.82, 2.24) is 19.7 Å². The van der Waals surface area contributed by atoms with E-state index in [1.807, 2.05) is 30.3 Å². The van der Waals surface area contributed by atoms with E-state index in [1.54, 1.807) is 16.7 Å². The molecule has 0 aliphatic heterocycles. The fourth-order valence-electron chi connectivity index (χ4n) is 2.99. The first-order chi connectivity index (χ1) is 13.1. The summed E-state index contributed by atoms with van der Waals surface area (Å²) < 4.78 is 32.9. The summed E-state index contributed by atoms with van der Waals surface area (Å²) in [6.07, 6.45) is 3.56. The van der Waals surface area contributed by atoms with Gasteiger partial charge in [0.25, 0.3) is 0 Å². The van der Waals surface area contributed by atoms with Gasteiger partial charge < -0.3 is 4.74 Å². The molecule has 1 aromatic carbocycles. The third-order valence-corrected chi connectivity index (χ3v) is 6.08. The van der Waals surface area contributed by atoms with E-state index < -0.39 is 9.84 Å². The Bertz CT molecular complexity index is 1030. The van der Waals surface area contributed by atoms with Gasteiger partial charge in [-0.05, 0) is 24.0 Å². The second kappa shape index (κ2) is 7.11. The van der Waals surface area contributed by atoms with Crippen LogP contribution in [-0.2, 0) is 22.1 Å². The summed E-state index contributed by atoms with van der Waals surface area (Å²) in [6, 6.07) is 13.1. The molecule has 0 spiro atoms. The van der Waals surface area contributed by atoms with E-state index in [1.165, 1.54) is 13.3 Å². The SMILES string of the molecule is COc1ccc(CS(=O)(=O)c2nnc(C3CC3)n2Cc2ccccc2)cn1. The molecule has 140 valence electrons. The first-order valence-electron chi connectivity index (χ1n) is 8.75. The zero-order chi connectivity index (χ0) is 18.9. The van der Waals surface area contributed by atoms with Crippen molar-refractivity contribution in [3.8, 4) is 5.88 Å². The van der Waals surface area contributed by atoms with Crippen molar-refractivity contribution in [3.63, 3.8) is 0 Å². The van der Waals surface area contributed by atoms with E-state index in [0.29, 0.717) is 23.9 Å². The van der Waals surface area contributed by atoms with Crippen LogP contribution in [0, 0.1) is 0 Å². The molecule has 2 heterocycles. The number of hydrogen-bond acceptors (Lipinski definition) is 6. The Balaban J connectivity index is 1.67. The zero-order valence-electron chi connectivity index (χ0n) is 14.9. The lowest BCUT2D eigenvalue weighted by molar-refractivity contribution is 0.397. The molecule has 7 nitrogen and oxygen atoms in total. The molecule has 4 rings (SSSR count). The number of sulfone groups is 1. The Labute approximate surface area is 158 Å². The highest BCUT2D eigenvalue weighted by Gasteiger charge is 2.33. The molecule has 2 aromatic heterocycles. The summed E-state index contributed by atoms with van der Waals surface area (Å²) >= 11 is 0. The van der Waals surface area contributed by atoms with Crippen molar-refractivity contribution in [1.29, 1.82) is 0 Å². The van der Waals surface area contributed by atoms with Crippen LogP contribution in [0.4, 0.5) is 0 Å². The minimum atomic E-state index is -3.66. The van der Waals surface area contributed by atoms with Gasteiger partial charge in [0.2, 0.25) is 20.9 Å². The van der Waals surface area contributed by atoms with Crippen LogP contribution < -0.4 is 4.74 Å². The maximum absolute atomic E-state index is 13.0. The van der Waals surface area contributed by atoms with Crippen LogP contribution in [-0.4, -0.2) is 35.3 Å². The zero-order valence-corrected chi connectivity index (χ0v) is 15.8. The van der Waals surface area contributed by atoms with Crippen molar-refractivity contribution >= 4 is 9.84 Å². The van der Waals surface area contributed by atoms with E-state index in [0.717, 1.165) is 24.2 Å². The number of hydrogen-bond donors (Lipinski definition) is 0. The third kappa shape index (κ3) is 3.85. The fourth-order valence-corrected chi connectivity index (χ4v) is 4.39. The Morgan fingerprint density at radius 3 is 2.48 bits per heavy atom. The molecule has 0 radical (unpaired) electrons. The molecule has 0 unspecified atom stereocenters. The van der Waals surface area contributed by atoms with Gasteiger partial charge in [0.15, 0.2) is 0 Å². The van der Waals surface area contributed by atoms with Crippen LogP contribution in [0.25, 0.3) is 0 Å². The lowest BCUT2D eigenvalue weighted by atomic mass is 10.2. The number of nitrogens with zero attached hydrogens (tertiary/aromatic N) is 4. The quantitative estimate of drug-likeness (QED) is 0.622. The van der Waals surface area contributed by atoms with Gasteiger partial charge in [-0.1, -0.05) is 36.4 Å². The summed E-state index contributed by atoms with van der Waals surface area (Å²) in [7, 11) is -2.14. The molecule has 8 heteroatoms. The second-order valence-corrected chi connectivity index (χ2v) is 8.54. The topological polar surface area (TPSA) is 87.0 Å². The normalized spacial score (nSPS) is 14.3. The number of rotatable bonds is 7. The summed E-state index contributed by atoms with van der Waals surface area (Å²) in [4.78, 5) is 4.08. The van der Waals surface area contributed by atoms with Gasteiger partial charge in [0.05, 0.1) is 19.4 Å². The molecule has 0 bridgehead atoms. The average molecular weight is 384 g/mol. The highest BCUT2D eigenvalue weighted by atomic mass is 32.2. The van der Waals surface area contributed by atoms with Gasteiger partial charge in [0, 0.05) is 18.2 Å². The number of aromatic nitrogens is 4. The van der Waals surface area contributed by atoms with Crippen molar-refractivity contribution in [2.45, 2.75) is 36.2 Å². The van der Waals surface area contributed by atoms with E-state index >= 15 is 0 Å². The van der Waals surface area contributed by atoms with Gasteiger partial charge >= 0.3 is 0 Å². The van der Waals surface area contributed by atoms with Gasteiger partial charge in [-0.3, -0.25) is 4.57 Å². The van der Waals surface area contributed by atoms with Crippen molar-refractivity contribution in [2.24, 2.45) is 0 Å². The number of pyridine rings is 1. The Morgan fingerprint density at radius 2 is 1.85 bits per heavy atom. The highest BCUT2D eigenvalue weighted by Crippen LogP contribution is 2.40. The standard InChI is InChI=1S/C19H20N4O3S/c1-26-17-10-7-15(11-20-17)13-27(24,25)19-22-21-18(16-8-9-16)23(19)12-14-5-3-2-4-6-14/h2-7,10-11,16H,8-9,12-13H2,1H3. The van der Waals surface area contributed by atoms with Gasteiger partial charge in [0.1, 0.15) is 5.82 Å². The maximum atomic E-state index is 13.0. The number of methoxy groups -OCH3 is 1. The summed E-state index contributed by atoms with van der Waals surface area (Å²) in [5, 5.41) is 8.28. The Kier molecular flexibility index (Phi) is 4.65. The highest BCUT2D eigenvalue weighted by molar-refractivity contribution is 7.90. The van der Waals surface area contributed by atoms with Gasteiger partial charge in [-0.15, -0.1) is 10.2 Å². The Morgan fingerprint density at radius 1 is 1.07 bits per heavy atom. The third-order valence-electron chi connectivity index (χ3n) is 4.51. The van der Waals surface area contributed by atoms with Gasteiger partial charge in [-0.2, -0.15) is 0 Å². The largest absolute Gasteiger partial charge is 0.481 e. The predicted molar refractivity (Wildman–Crippen MR) is 99.2 cm³/mol. The van der Waals surface area contributed by atoms with Crippen LogP contribution in [0.15, 0.2) is 53.8 Å². The average Bonchev–Trinajstić information content (AvgIpc) is 3.43. The molecular formula is C19H20N4O3S. The molecule has 27 heavy (non-hydrogen) atoms. The minimum absolute atomic E-state index is 0.0177. The van der Waals surface area contributed by atoms with Crippen molar-refractivity contribution in [2.75, 3.05) is 7.11 Å². The molecule has 0 N–H and O–H groups in total. The minimum Gasteiger partial charge on any atom is -0.481 e. The fraction of sp³-hybridized carbons (Fsp3) is 0.316. The predicted octanol–water partition coefficient (Wildman–Crippen LogP) is 2.58. The van der Waals surface area contributed by atoms with Crippen LogP contribution in [0.1, 0.15) is 35.7 Å². The van der Waals surface area contributed by atoms with E-state index in [4.69, 9.17) is 4.74 Å². The van der Waals surface area contributed by atoms with Gasteiger partial charge in [-0.25, -0.2) is 13.4 Å². The smallest absolute Gasteiger partial charge is 0.250 e. The molecular weight excluding hydrogens is 364 g/mol. The van der Waals surface area contributed by atoms with Crippen molar-refractivity contribution < 1.29 is 13.2 Å². The Hall–Kier alpha value is -2.74. The van der Waals surface area contributed by atoms with Crippen LogP contribution in [0.3, 0.4) is 0 Å². The molecule has 0 saturated heterocycles. The monoisotopic (exact) mass is 384 g/mol. The molecule has 3 aromatic rings. The number of ether oxygens (including phenoxy) is 1. The summed E-state index contributed by atoms with van der Waals surface area (Å²) in [5.74, 6) is 1.32. The molecule has 0 atom stereocenters. The first kappa shape index (κ1) is 17.7. The lowest BCUT2D eigenvalue weighted by Crippen LogP contribution is -2.15. The van der Waals surface area contributed by atoms with Crippen LogP contribution in [0.5, 0.6) is 5.88 Å². The molecule has 1 saturated carbocycles. The molecule has 1 aliphatic rings. The summed E-state index contributed by atoms with van der Waals surface area (Å²) in [6.45, 7) is 0.440. The first-order valence-corrected chi connectivity index (χ1v) is 10.4. The van der Waals surface area contributed by atoms with Crippen molar-refractivity contribution in [3.05, 3.63) is 65.6 Å². The van der Waals surface area contributed by atoms with E-state index in [2.05, 4.69) is 15.2 Å². The second-order valence-electron chi connectivity index (χ2n) is 6.65. The van der Waals surface area contributed by atoms with E-state index in [9.17, 15) is 8.42 Å². The molecule has 0 amide bonds. The maximum Gasteiger partial charge on any atom is 0.250 e.